The van der Waals surface area contributed by atoms with Gasteiger partial charge in [-0.1, -0.05) is 11.2 Å². The Morgan fingerprint density at radius 2 is 2.33 bits per heavy atom. The second-order valence-electron chi connectivity index (χ2n) is 2.83. The van der Waals surface area contributed by atoms with E-state index in [1.165, 1.54) is 24.3 Å². The molecule has 1 aromatic carbocycles. The Bertz CT molecular complexity index is 393. The number of nitrogens with zero attached hydrogens (tertiary/aromatic N) is 1. The number of oxime groups is 1. The van der Waals surface area contributed by atoms with Crippen molar-refractivity contribution in [3.05, 3.63) is 30.1 Å². The number of halogens is 1. The van der Waals surface area contributed by atoms with Crippen LogP contribution < -0.4 is 11.1 Å². The molecule has 5 nitrogen and oxygen atoms in total. The molecule has 0 aliphatic carbocycles. The fraction of sp³-hybridized carbons (Fsp3) is 0.111. The van der Waals surface area contributed by atoms with E-state index in [1.54, 1.807) is 0 Å². The highest BCUT2D eigenvalue weighted by Crippen LogP contribution is 2.09. The average Bonchev–Trinajstić information content (AvgIpc) is 2.17. The monoisotopic (exact) mass is 211 g/mol. The first-order valence-electron chi connectivity index (χ1n) is 4.13. The van der Waals surface area contributed by atoms with Gasteiger partial charge in [0.05, 0.1) is 6.42 Å². The number of carbonyl (C=O) groups is 1. The Balaban J connectivity index is 2.59. The van der Waals surface area contributed by atoms with Crippen molar-refractivity contribution < 1.29 is 14.4 Å². The van der Waals surface area contributed by atoms with Gasteiger partial charge in [0.1, 0.15) is 11.7 Å². The summed E-state index contributed by atoms with van der Waals surface area (Å²) in [7, 11) is 0. The molecule has 0 spiro atoms. The Morgan fingerprint density at radius 3 is 2.93 bits per heavy atom. The minimum Gasteiger partial charge on any atom is -0.409 e. The van der Waals surface area contributed by atoms with Crippen LogP contribution in [0.3, 0.4) is 0 Å². The molecule has 1 amide bonds. The second kappa shape index (κ2) is 4.94. The molecular weight excluding hydrogens is 201 g/mol. The van der Waals surface area contributed by atoms with E-state index in [-0.39, 0.29) is 12.3 Å². The average molecular weight is 211 g/mol. The summed E-state index contributed by atoms with van der Waals surface area (Å²) in [4.78, 5) is 11.2. The van der Waals surface area contributed by atoms with Crippen molar-refractivity contribution >= 4 is 17.4 Å². The van der Waals surface area contributed by atoms with E-state index in [4.69, 9.17) is 10.9 Å². The van der Waals surface area contributed by atoms with E-state index in [9.17, 15) is 9.18 Å². The fourth-order valence-electron chi connectivity index (χ4n) is 0.971. The van der Waals surface area contributed by atoms with E-state index >= 15 is 0 Å². The van der Waals surface area contributed by atoms with Crippen LogP contribution in [0.25, 0.3) is 0 Å². The Kier molecular flexibility index (Phi) is 3.61. The van der Waals surface area contributed by atoms with Crippen LogP contribution >= 0.6 is 0 Å². The molecule has 15 heavy (non-hydrogen) atoms. The molecule has 0 radical (unpaired) electrons. The number of amidine groups is 1. The molecule has 0 unspecified atom stereocenters. The minimum absolute atomic E-state index is 0.205. The van der Waals surface area contributed by atoms with Crippen molar-refractivity contribution in [1.82, 2.24) is 0 Å². The third-order valence-corrected chi connectivity index (χ3v) is 1.58. The van der Waals surface area contributed by atoms with E-state index in [2.05, 4.69) is 10.5 Å². The summed E-state index contributed by atoms with van der Waals surface area (Å²) in [6, 6.07) is 5.44. The van der Waals surface area contributed by atoms with Gasteiger partial charge in [-0.05, 0) is 18.2 Å². The van der Waals surface area contributed by atoms with E-state index in [0.29, 0.717) is 5.69 Å². The highest BCUT2D eigenvalue weighted by atomic mass is 19.1. The molecule has 0 aliphatic rings. The molecule has 1 rings (SSSR count). The molecule has 4 N–H and O–H groups in total. The van der Waals surface area contributed by atoms with Crippen LogP contribution in [-0.4, -0.2) is 17.0 Å². The third kappa shape index (κ3) is 3.63. The number of nitrogens with two attached hydrogens (primary N) is 1. The summed E-state index contributed by atoms with van der Waals surface area (Å²) in [5.41, 5.74) is 5.45. The first-order chi connectivity index (χ1) is 7.11. The lowest BCUT2D eigenvalue weighted by atomic mass is 10.3. The quantitative estimate of drug-likeness (QED) is 0.300. The van der Waals surface area contributed by atoms with Gasteiger partial charge in [0.2, 0.25) is 5.91 Å². The molecule has 0 fully saturated rings. The van der Waals surface area contributed by atoms with E-state index in [0.717, 1.165) is 0 Å². The first kappa shape index (κ1) is 11.0. The third-order valence-electron chi connectivity index (χ3n) is 1.58. The number of rotatable bonds is 3. The predicted molar refractivity (Wildman–Crippen MR) is 53.1 cm³/mol. The van der Waals surface area contributed by atoms with Crippen LogP contribution in [-0.2, 0) is 4.79 Å². The molecule has 1 aromatic rings. The predicted octanol–water partition coefficient (Wildman–Crippen LogP) is 0.901. The van der Waals surface area contributed by atoms with Gasteiger partial charge in [0.25, 0.3) is 0 Å². The minimum atomic E-state index is -0.476. The normalized spacial score (nSPS) is 11.1. The summed E-state index contributed by atoms with van der Waals surface area (Å²) in [6.45, 7) is 0. The molecule has 0 saturated carbocycles. The topological polar surface area (TPSA) is 87.7 Å². The summed E-state index contributed by atoms with van der Waals surface area (Å²) in [5.74, 6) is -1.13. The summed E-state index contributed by atoms with van der Waals surface area (Å²) < 4.78 is 12.7. The van der Waals surface area contributed by atoms with Crippen LogP contribution in [0.1, 0.15) is 6.42 Å². The zero-order valence-corrected chi connectivity index (χ0v) is 7.77. The lowest BCUT2D eigenvalue weighted by Crippen LogP contribution is -2.21. The van der Waals surface area contributed by atoms with Gasteiger partial charge >= 0.3 is 0 Å². The smallest absolute Gasteiger partial charge is 0.232 e. The van der Waals surface area contributed by atoms with Crippen LogP contribution in [0.4, 0.5) is 10.1 Å². The molecule has 0 aromatic heterocycles. The Labute approximate surface area is 85.4 Å². The summed E-state index contributed by atoms with van der Waals surface area (Å²) in [5, 5.41) is 13.3. The van der Waals surface area contributed by atoms with E-state index in [1.807, 2.05) is 0 Å². The molecule has 80 valence electrons. The van der Waals surface area contributed by atoms with Crippen LogP contribution in [0.5, 0.6) is 0 Å². The van der Waals surface area contributed by atoms with Gasteiger partial charge in [-0.25, -0.2) is 4.39 Å². The fourth-order valence-corrected chi connectivity index (χ4v) is 0.971. The van der Waals surface area contributed by atoms with Crippen LogP contribution in [0, 0.1) is 5.82 Å². The number of benzene rings is 1. The van der Waals surface area contributed by atoms with Gasteiger partial charge < -0.3 is 16.3 Å². The zero-order chi connectivity index (χ0) is 11.3. The number of hydrogen-bond donors (Lipinski definition) is 3. The SMILES string of the molecule is N/C(CC(=O)Nc1cccc(F)c1)=N\O. The first-order valence-corrected chi connectivity index (χ1v) is 4.13. The van der Waals surface area contributed by atoms with Crippen molar-refractivity contribution in [3.8, 4) is 0 Å². The summed E-state index contributed by atoms with van der Waals surface area (Å²) in [6.07, 6.45) is -0.243. The standard InChI is InChI=1S/C9H10FN3O2/c10-6-2-1-3-7(4-6)12-9(14)5-8(11)13-15/h1-4,15H,5H2,(H2,11,13)(H,12,14). The second-order valence-corrected chi connectivity index (χ2v) is 2.83. The summed E-state index contributed by atoms with van der Waals surface area (Å²) >= 11 is 0. The molecule has 0 heterocycles. The molecule has 0 saturated heterocycles. The van der Waals surface area contributed by atoms with Crippen molar-refractivity contribution in [1.29, 1.82) is 0 Å². The van der Waals surface area contributed by atoms with Crippen molar-refractivity contribution in [2.75, 3.05) is 5.32 Å². The number of anilines is 1. The van der Waals surface area contributed by atoms with Crippen LogP contribution in [0.15, 0.2) is 29.4 Å². The zero-order valence-electron chi connectivity index (χ0n) is 7.77. The highest BCUT2D eigenvalue weighted by Gasteiger charge is 2.05. The van der Waals surface area contributed by atoms with Crippen molar-refractivity contribution in [3.63, 3.8) is 0 Å². The molecule has 0 aliphatic heterocycles. The maximum Gasteiger partial charge on any atom is 0.232 e. The van der Waals surface area contributed by atoms with Gasteiger partial charge in [-0.2, -0.15) is 0 Å². The highest BCUT2D eigenvalue weighted by molar-refractivity contribution is 6.04. The number of amides is 1. The van der Waals surface area contributed by atoms with Crippen molar-refractivity contribution in [2.45, 2.75) is 6.42 Å². The molecule has 6 heteroatoms. The number of carbonyl (C=O) groups excluding carboxylic acids is 1. The van der Waals surface area contributed by atoms with Gasteiger partial charge in [0, 0.05) is 5.69 Å². The number of hydrogen-bond acceptors (Lipinski definition) is 3. The lowest BCUT2D eigenvalue weighted by molar-refractivity contribution is -0.115. The van der Waals surface area contributed by atoms with Crippen LogP contribution in [0.2, 0.25) is 0 Å². The lowest BCUT2D eigenvalue weighted by Gasteiger charge is -2.03. The Hall–Kier alpha value is -2.11. The maximum atomic E-state index is 12.7. The Morgan fingerprint density at radius 1 is 1.60 bits per heavy atom. The molecular formula is C9H10FN3O2. The van der Waals surface area contributed by atoms with E-state index < -0.39 is 11.7 Å². The largest absolute Gasteiger partial charge is 0.409 e. The van der Waals surface area contributed by atoms with Gasteiger partial charge in [0.15, 0.2) is 0 Å². The van der Waals surface area contributed by atoms with Gasteiger partial charge in [-0.3, -0.25) is 4.79 Å². The number of nitrogens with one attached hydrogen (secondary N) is 1. The maximum absolute atomic E-state index is 12.7. The molecule has 0 atom stereocenters. The molecule has 0 bridgehead atoms. The van der Waals surface area contributed by atoms with Gasteiger partial charge in [-0.15, -0.1) is 0 Å². The van der Waals surface area contributed by atoms with Crippen molar-refractivity contribution in [2.24, 2.45) is 10.9 Å².